The molecule has 2 aromatic rings. The Balaban J connectivity index is 1.78. The number of rotatable bonds is 3. The highest BCUT2D eigenvalue weighted by atomic mass is 35.5. The topological polar surface area (TPSA) is 67.4 Å². The van der Waals surface area contributed by atoms with Gasteiger partial charge in [0.2, 0.25) is 5.91 Å². The molecule has 1 aliphatic rings. The van der Waals surface area contributed by atoms with Gasteiger partial charge in [0.1, 0.15) is 0 Å². The van der Waals surface area contributed by atoms with Crippen LogP contribution < -0.4 is 15.4 Å². The van der Waals surface area contributed by atoms with Crippen LogP contribution in [0.4, 0.5) is 11.4 Å². The maximum Gasteiger partial charge on any atom is 0.262 e. The molecule has 0 aliphatic carbocycles. The summed E-state index contributed by atoms with van der Waals surface area (Å²) < 4.78 is 5.44. The van der Waals surface area contributed by atoms with Gasteiger partial charge in [-0.15, -0.1) is 0 Å². The van der Waals surface area contributed by atoms with E-state index in [1.54, 1.807) is 18.2 Å². The van der Waals surface area contributed by atoms with Gasteiger partial charge in [0.05, 0.1) is 17.8 Å². The van der Waals surface area contributed by atoms with Crippen LogP contribution in [0.15, 0.2) is 36.4 Å². The molecule has 0 fully saturated rings. The molecule has 1 heterocycles. The van der Waals surface area contributed by atoms with E-state index in [0.717, 1.165) is 11.1 Å². The Morgan fingerprint density at radius 1 is 1.30 bits per heavy atom. The number of fused-ring (bicyclic) bond motifs is 1. The van der Waals surface area contributed by atoms with E-state index in [4.69, 9.17) is 16.3 Å². The molecule has 1 aliphatic heterocycles. The lowest BCUT2D eigenvalue weighted by Gasteiger charge is -2.21. The average Bonchev–Trinajstić information content (AvgIpc) is 2.49. The van der Waals surface area contributed by atoms with Crippen LogP contribution in [-0.2, 0) is 16.0 Å². The highest BCUT2D eigenvalue weighted by Gasteiger charge is 2.21. The Hall–Kier alpha value is -2.53. The summed E-state index contributed by atoms with van der Waals surface area (Å²) in [4.78, 5) is 23.6. The van der Waals surface area contributed by atoms with Gasteiger partial charge in [-0.2, -0.15) is 0 Å². The molecule has 0 saturated heterocycles. The number of benzene rings is 2. The number of carbonyl (C=O) groups is 2. The molecule has 2 amide bonds. The van der Waals surface area contributed by atoms with Crippen LogP contribution in [0, 0.1) is 6.92 Å². The summed E-state index contributed by atoms with van der Waals surface area (Å²) in [5.74, 6) is 0.113. The first-order valence-corrected chi connectivity index (χ1v) is 7.50. The van der Waals surface area contributed by atoms with E-state index in [-0.39, 0.29) is 24.8 Å². The van der Waals surface area contributed by atoms with Crippen molar-refractivity contribution in [3.8, 4) is 5.75 Å². The predicted octanol–water partition coefficient (Wildman–Crippen LogP) is 3.16. The number of nitrogens with one attached hydrogen (secondary N) is 2. The number of halogens is 1. The Kier molecular flexibility index (Phi) is 4.21. The van der Waals surface area contributed by atoms with Gasteiger partial charge in [0.25, 0.3) is 5.91 Å². The molecule has 2 N–H and O–H groups in total. The van der Waals surface area contributed by atoms with Crippen LogP contribution in [0.1, 0.15) is 11.1 Å². The van der Waals surface area contributed by atoms with E-state index in [9.17, 15) is 9.59 Å². The van der Waals surface area contributed by atoms with Crippen molar-refractivity contribution in [1.29, 1.82) is 0 Å². The number of hydrogen-bond donors (Lipinski definition) is 2. The van der Waals surface area contributed by atoms with Gasteiger partial charge in [-0.05, 0) is 42.3 Å². The third-order valence-corrected chi connectivity index (χ3v) is 3.66. The van der Waals surface area contributed by atoms with Gasteiger partial charge >= 0.3 is 0 Å². The van der Waals surface area contributed by atoms with E-state index in [1.807, 2.05) is 25.1 Å². The van der Waals surface area contributed by atoms with Crippen LogP contribution in [0.25, 0.3) is 0 Å². The third kappa shape index (κ3) is 3.63. The number of aryl methyl sites for hydroxylation is 1. The standard InChI is InChI=1S/C17H15ClN2O3/c1-10-6-13(17-14(7-10)20-16(22)9-23-17)19-15(21)8-11-2-4-12(18)5-3-11/h2-7H,8-9H2,1H3,(H,19,21)(H,20,22). The van der Waals surface area contributed by atoms with E-state index in [1.165, 1.54) is 0 Å². The van der Waals surface area contributed by atoms with Gasteiger partial charge in [0.15, 0.2) is 12.4 Å². The van der Waals surface area contributed by atoms with Crippen molar-refractivity contribution >= 4 is 34.8 Å². The van der Waals surface area contributed by atoms with Crippen molar-refractivity contribution in [2.45, 2.75) is 13.3 Å². The number of anilines is 2. The van der Waals surface area contributed by atoms with E-state index in [2.05, 4.69) is 10.6 Å². The minimum atomic E-state index is -0.207. The zero-order valence-corrected chi connectivity index (χ0v) is 13.2. The Labute approximate surface area is 138 Å². The Morgan fingerprint density at radius 2 is 2.04 bits per heavy atom. The summed E-state index contributed by atoms with van der Waals surface area (Å²) in [5, 5.41) is 6.21. The minimum absolute atomic E-state index is 0.0594. The van der Waals surface area contributed by atoms with Crippen LogP contribution >= 0.6 is 11.6 Å². The lowest BCUT2D eigenvalue weighted by atomic mass is 10.1. The average molecular weight is 331 g/mol. The van der Waals surface area contributed by atoms with Gasteiger partial charge < -0.3 is 15.4 Å². The molecular weight excluding hydrogens is 316 g/mol. The largest absolute Gasteiger partial charge is 0.479 e. The van der Waals surface area contributed by atoms with E-state index >= 15 is 0 Å². The van der Waals surface area contributed by atoms with Crippen molar-refractivity contribution in [1.82, 2.24) is 0 Å². The van der Waals surface area contributed by atoms with Crippen molar-refractivity contribution in [2.24, 2.45) is 0 Å². The van der Waals surface area contributed by atoms with Crippen LogP contribution in [0.2, 0.25) is 5.02 Å². The Bertz CT molecular complexity index is 772. The fraction of sp³-hybridized carbons (Fsp3) is 0.176. The zero-order valence-electron chi connectivity index (χ0n) is 12.5. The van der Waals surface area contributed by atoms with E-state index < -0.39 is 0 Å². The summed E-state index contributed by atoms with van der Waals surface area (Å²) in [6.07, 6.45) is 0.228. The molecule has 23 heavy (non-hydrogen) atoms. The minimum Gasteiger partial charge on any atom is -0.479 e. The van der Waals surface area contributed by atoms with Crippen LogP contribution in [-0.4, -0.2) is 18.4 Å². The lowest BCUT2D eigenvalue weighted by molar-refractivity contribution is -0.118. The highest BCUT2D eigenvalue weighted by molar-refractivity contribution is 6.30. The molecule has 5 nitrogen and oxygen atoms in total. The SMILES string of the molecule is Cc1cc2c(c(NC(=O)Cc3ccc(Cl)cc3)c1)OCC(=O)N2. The highest BCUT2D eigenvalue weighted by Crippen LogP contribution is 2.37. The summed E-state index contributed by atoms with van der Waals surface area (Å²) in [6.45, 7) is 1.83. The molecule has 0 aromatic heterocycles. The van der Waals surface area contributed by atoms with Crippen molar-refractivity contribution in [2.75, 3.05) is 17.2 Å². The number of hydrogen-bond acceptors (Lipinski definition) is 3. The monoisotopic (exact) mass is 330 g/mol. The first-order valence-electron chi connectivity index (χ1n) is 7.13. The molecular formula is C17H15ClN2O3. The molecule has 0 saturated carbocycles. The van der Waals surface area contributed by atoms with Gasteiger partial charge in [-0.1, -0.05) is 23.7 Å². The summed E-state index contributed by atoms with van der Waals surface area (Å²) in [6, 6.07) is 10.7. The van der Waals surface area contributed by atoms with Crippen molar-refractivity contribution in [3.63, 3.8) is 0 Å². The predicted molar refractivity (Wildman–Crippen MR) is 89.1 cm³/mol. The second-order valence-corrected chi connectivity index (χ2v) is 5.81. The Morgan fingerprint density at radius 3 is 2.78 bits per heavy atom. The summed E-state index contributed by atoms with van der Waals surface area (Å²) in [7, 11) is 0. The number of ether oxygens (including phenoxy) is 1. The summed E-state index contributed by atoms with van der Waals surface area (Å²) >= 11 is 5.84. The normalized spacial score (nSPS) is 12.9. The molecule has 3 rings (SSSR count). The molecule has 0 bridgehead atoms. The molecule has 0 radical (unpaired) electrons. The maximum absolute atomic E-state index is 12.2. The third-order valence-electron chi connectivity index (χ3n) is 3.41. The van der Waals surface area contributed by atoms with Crippen LogP contribution in [0.5, 0.6) is 5.75 Å². The number of amides is 2. The van der Waals surface area contributed by atoms with Gasteiger partial charge in [-0.25, -0.2) is 0 Å². The summed E-state index contributed by atoms with van der Waals surface area (Å²) in [5.41, 5.74) is 2.90. The lowest BCUT2D eigenvalue weighted by Crippen LogP contribution is -2.26. The first-order chi connectivity index (χ1) is 11.0. The molecule has 6 heteroatoms. The second-order valence-electron chi connectivity index (χ2n) is 5.38. The molecule has 2 aromatic carbocycles. The molecule has 0 spiro atoms. The maximum atomic E-state index is 12.2. The molecule has 118 valence electrons. The molecule has 0 unspecified atom stereocenters. The van der Waals surface area contributed by atoms with Crippen LogP contribution in [0.3, 0.4) is 0 Å². The second kappa shape index (κ2) is 6.30. The van der Waals surface area contributed by atoms with E-state index in [0.29, 0.717) is 22.1 Å². The number of carbonyl (C=O) groups excluding carboxylic acids is 2. The fourth-order valence-corrected chi connectivity index (χ4v) is 2.55. The molecule has 0 atom stereocenters. The van der Waals surface area contributed by atoms with Gasteiger partial charge in [0, 0.05) is 5.02 Å². The zero-order chi connectivity index (χ0) is 16.4. The fourth-order valence-electron chi connectivity index (χ4n) is 2.42. The van der Waals surface area contributed by atoms with Crippen molar-refractivity contribution < 1.29 is 14.3 Å². The smallest absolute Gasteiger partial charge is 0.262 e. The van der Waals surface area contributed by atoms with Gasteiger partial charge in [-0.3, -0.25) is 9.59 Å². The first kappa shape index (κ1) is 15.4. The van der Waals surface area contributed by atoms with Crippen molar-refractivity contribution in [3.05, 3.63) is 52.5 Å². The quantitative estimate of drug-likeness (QED) is 0.908.